The maximum absolute atomic E-state index is 12.6. The minimum atomic E-state index is -0.669. The summed E-state index contributed by atoms with van der Waals surface area (Å²) in [5.41, 5.74) is 6.30. The summed E-state index contributed by atoms with van der Waals surface area (Å²) in [5.74, 6) is -0.395. The zero-order chi connectivity index (χ0) is 18.5. The fraction of sp³-hybridized carbons (Fsp3) is 0.526. The lowest BCUT2D eigenvalue weighted by atomic mass is 10.1. The van der Waals surface area contributed by atoms with Gasteiger partial charge >= 0.3 is 6.09 Å². The van der Waals surface area contributed by atoms with Crippen LogP contribution in [0.3, 0.4) is 0 Å². The highest BCUT2D eigenvalue weighted by Crippen LogP contribution is 2.33. The summed E-state index contributed by atoms with van der Waals surface area (Å²) < 4.78 is 5.33. The lowest BCUT2D eigenvalue weighted by Gasteiger charge is -2.25. The number of amides is 3. The van der Waals surface area contributed by atoms with Crippen LogP contribution in [0.2, 0.25) is 0 Å². The number of nitrogens with one attached hydrogen (secondary N) is 1. The Kier molecular flexibility index (Phi) is 5.75. The zero-order valence-corrected chi connectivity index (χ0v) is 14.7. The number of carbonyl (C=O) groups excluding carboxylic acids is 3. The summed E-state index contributed by atoms with van der Waals surface area (Å²) in [7, 11) is 0. The van der Waals surface area contributed by atoms with E-state index >= 15 is 0 Å². The molecule has 0 bridgehead atoms. The minimum Gasteiger partial charge on any atom is -0.445 e. The van der Waals surface area contributed by atoms with E-state index in [1.165, 1.54) is 4.90 Å². The lowest BCUT2D eigenvalue weighted by molar-refractivity contribution is -0.130. The first-order valence-electron chi connectivity index (χ1n) is 9.11. The van der Waals surface area contributed by atoms with Crippen LogP contribution in [0.1, 0.15) is 37.7 Å². The normalized spacial score (nSPS) is 20.5. The van der Waals surface area contributed by atoms with Crippen LogP contribution in [0.5, 0.6) is 0 Å². The fourth-order valence-electron chi connectivity index (χ4n) is 3.26. The van der Waals surface area contributed by atoms with Gasteiger partial charge in [-0.2, -0.15) is 0 Å². The standard InChI is InChI=1S/C19H25N3O4/c20-17(23)15(11-13-8-9-13)21-18(24)16-7-4-10-22(16)19(25)26-12-14-5-2-1-3-6-14/h1-3,5-6,13,15-16H,4,7-12H2,(H2,20,23)(H,21,24)/t15-,16+/m0/s1. The number of benzene rings is 1. The quantitative estimate of drug-likeness (QED) is 0.771. The van der Waals surface area contributed by atoms with E-state index in [1.54, 1.807) is 0 Å². The van der Waals surface area contributed by atoms with E-state index in [0.29, 0.717) is 25.3 Å². The Hall–Kier alpha value is -2.57. The molecular weight excluding hydrogens is 334 g/mol. The largest absolute Gasteiger partial charge is 0.445 e. The van der Waals surface area contributed by atoms with Crippen molar-refractivity contribution >= 4 is 17.9 Å². The van der Waals surface area contributed by atoms with E-state index in [2.05, 4.69) is 5.32 Å². The monoisotopic (exact) mass is 359 g/mol. The van der Waals surface area contributed by atoms with Gasteiger partial charge in [-0.3, -0.25) is 14.5 Å². The van der Waals surface area contributed by atoms with E-state index < -0.39 is 24.1 Å². The Balaban J connectivity index is 1.54. The summed E-state index contributed by atoms with van der Waals surface area (Å²) >= 11 is 0. The molecule has 2 aliphatic rings. The van der Waals surface area contributed by atoms with Crippen LogP contribution < -0.4 is 11.1 Å². The van der Waals surface area contributed by atoms with Gasteiger partial charge in [0, 0.05) is 6.54 Å². The smallest absolute Gasteiger partial charge is 0.410 e. The average Bonchev–Trinajstić information content (AvgIpc) is 3.31. The molecule has 2 fully saturated rings. The Labute approximate surface area is 152 Å². The lowest BCUT2D eigenvalue weighted by Crippen LogP contribution is -2.52. The van der Waals surface area contributed by atoms with Gasteiger partial charge in [0.25, 0.3) is 0 Å². The maximum atomic E-state index is 12.6. The summed E-state index contributed by atoms with van der Waals surface area (Å²) in [6, 6.07) is 8.10. The Bertz CT molecular complexity index is 660. The molecule has 1 saturated heterocycles. The number of likely N-dealkylation sites (tertiary alicyclic amines) is 1. The third-order valence-electron chi connectivity index (χ3n) is 4.92. The topological polar surface area (TPSA) is 102 Å². The molecule has 3 N–H and O–H groups in total. The van der Waals surface area contributed by atoms with E-state index in [-0.39, 0.29) is 12.5 Å². The van der Waals surface area contributed by atoms with Crippen LogP contribution in [-0.4, -0.2) is 41.4 Å². The average molecular weight is 359 g/mol. The number of hydrogen-bond acceptors (Lipinski definition) is 4. The molecule has 0 spiro atoms. The van der Waals surface area contributed by atoms with Gasteiger partial charge in [0.2, 0.25) is 11.8 Å². The van der Waals surface area contributed by atoms with Gasteiger partial charge in [-0.05, 0) is 30.7 Å². The van der Waals surface area contributed by atoms with E-state index in [0.717, 1.165) is 24.8 Å². The summed E-state index contributed by atoms with van der Waals surface area (Å²) in [5, 5.41) is 2.73. The predicted octanol–water partition coefficient (Wildman–Crippen LogP) is 1.56. The molecule has 140 valence electrons. The van der Waals surface area contributed by atoms with Crippen molar-refractivity contribution in [3.05, 3.63) is 35.9 Å². The molecule has 26 heavy (non-hydrogen) atoms. The highest BCUT2D eigenvalue weighted by molar-refractivity contribution is 5.91. The molecule has 0 radical (unpaired) electrons. The molecule has 1 aliphatic carbocycles. The van der Waals surface area contributed by atoms with Crippen molar-refractivity contribution in [2.24, 2.45) is 11.7 Å². The number of primary amides is 1. The molecule has 2 atom stereocenters. The fourth-order valence-corrected chi connectivity index (χ4v) is 3.26. The predicted molar refractivity (Wildman–Crippen MR) is 94.8 cm³/mol. The molecule has 0 aromatic heterocycles. The van der Waals surface area contributed by atoms with Crippen molar-refractivity contribution in [2.75, 3.05) is 6.54 Å². The first-order chi connectivity index (χ1) is 12.5. The van der Waals surface area contributed by atoms with E-state index in [9.17, 15) is 14.4 Å². The molecule has 1 aromatic carbocycles. The van der Waals surface area contributed by atoms with Crippen LogP contribution in [0.25, 0.3) is 0 Å². The van der Waals surface area contributed by atoms with Crippen molar-refractivity contribution in [3.8, 4) is 0 Å². The van der Waals surface area contributed by atoms with E-state index in [4.69, 9.17) is 10.5 Å². The highest BCUT2D eigenvalue weighted by atomic mass is 16.6. The Morgan fingerprint density at radius 1 is 1.19 bits per heavy atom. The molecule has 1 aromatic rings. The number of hydrogen-bond donors (Lipinski definition) is 2. The van der Waals surface area contributed by atoms with Crippen molar-refractivity contribution in [2.45, 2.75) is 50.8 Å². The highest BCUT2D eigenvalue weighted by Gasteiger charge is 2.37. The molecular formula is C19H25N3O4. The number of rotatable bonds is 7. The Morgan fingerprint density at radius 3 is 2.58 bits per heavy atom. The molecule has 7 heteroatoms. The second-order valence-corrected chi connectivity index (χ2v) is 7.03. The molecule has 7 nitrogen and oxygen atoms in total. The second kappa shape index (κ2) is 8.21. The van der Waals surface area contributed by atoms with Gasteiger partial charge in [-0.25, -0.2) is 4.79 Å². The maximum Gasteiger partial charge on any atom is 0.410 e. The Morgan fingerprint density at radius 2 is 1.92 bits per heavy atom. The van der Waals surface area contributed by atoms with Gasteiger partial charge in [-0.15, -0.1) is 0 Å². The molecule has 0 unspecified atom stereocenters. The van der Waals surface area contributed by atoms with Crippen LogP contribution in [0.4, 0.5) is 4.79 Å². The van der Waals surface area contributed by atoms with Gasteiger partial charge < -0.3 is 15.8 Å². The zero-order valence-electron chi connectivity index (χ0n) is 14.7. The van der Waals surface area contributed by atoms with Gasteiger partial charge in [0.15, 0.2) is 0 Å². The van der Waals surface area contributed by atoms with Crippen molar-refractivity contribution in [1.82, 2.24) is 10.2 Å². The van der Waals surface area contributed by atoms with Gasteiger partial charge in [0.1, 0.15) is 18.7 Å². The summed E-state index contributed by atoms with van der Waals surface area (Å²) in [6.07, 6.45) is 3.49. The summed E-state index contributed by atoms with van der Waals surface area (Å²) in [4.78, 5) is 38.0. The van der Waals surface area contributed by atoms with Crippen LogP contribution in [0, 0.1) is 5.92 Å². The van der Waals surface area contributed by atoms with Crippen molar-refractivity contribution < 1.29 is 19.1 Å². The molecule has 1 saturated carbocycles. The number of carbonyl (C=O) groups is 3. The van der Waals surface area contributed by atoms with Crippen LogP contribution in [0.15, 0.2) is 30.3 Å². The first-order valence-corrected chi connectivity index (χ1v) is 9.11. The van der Waals surface area contributed by atoms with Gasteiger partial charge in [-0.1, -0.05) is 43.2 Å². The SMILES string of the molecule is NC(=O)[C@H](CC1CC1)NC(=O)[C@H]1CCCN1C(=O)OCc1ccccc1. The molecule has 1 heterocycles. The third kappa shape index (κ3) is 4.74. The van der Waals surface area contributed by atoms with E-state index in [1.807, 2.05) is 30.3 Å². The third-order valence-corrected chi connectivity index (χ3v) is 4.92. The molecule has 3 rings (SSSR count). The molecule has 1 aliphatic heterocycles. The van der Waals surface area contributed by atoms with Crippen molar-refractivity contribution in [3.63, 3.8) is 0 Å². The first kappa shape index (κ1) is 18.2. The number of ether oxygens (including phenoxy) is 1. The number of nitrogens with zero attached hydrogens (tertiary/aromatic N) is 1. The van der Waals surface area contributed by atoms with Crippen molar-refractivity contribution in [1.29, 1.82) is 0 Å². The van der Waals surface area contributed by atoms with Gasteiger partial charge in [0.05, 0.1) is 0 Å². The summed E-state index contributed by atoms with van der Waals surface area (Å²) in [6.45, 7) is 0.631. The second-order valence-electron chi connectivity index (χ2n) is 7.03. The number of nitrogens with two attached hydrogens (primary N) is 1. The van der Waals surface area contributed by atoms with Crippen LogP contribution in [-0.2, 0) is 20.9 Å². The van der Waals surface area contributed by atoms with Crippen LogP contribution >= 0.6 is 0 Å². The molecule has 3 amide bonds. The minimum absolute atomic E-state index is 0.163.